The molecule has 0 saturated heterocycles. The van der Waals surface area contributed by atoms with E-state index in [0.717, 1.165) is 42.7 Å². The van der Waals surface area contributed by atoms with Crippen molar-refractivity contribution in [1.29, 1.82) is 0 Å². The van der Waals surface area contributed by atoms with Crippen molar-refractivity contribution in [2.45, 2.75) is 38.6 Å². The molecule has 0 unspecified atom stereocenters. The highest BCUT2D eigenvalue weighted by Crippen LogP contribution is 2.26. The van der Waals surface area contributed by atoms with Crippen LogP contribution in [0.4, 0.5) is 17.1 Å². The lowest BCUT2D eigenvalue weighted by molar-refractivity contribution is -0.645. The number of benzene rings is 2. The van der Waals surface area contributed by atoms with Crippen LogP contribution >= 0.6 is 0 Å². The van der Waals surface area contributed by atoms with Gasteiger partial charge in [0, 0.05) is 108 Å². The number of nitrogens with zero attached hydrogens (tertiary/aromatic N) is 5. The highest BCUT2D eigenvalue weighted by molar-refractivity contribution is 6.04. The summed E-state index contributed by atoms with van der Waals surface area (Å²) in [5, 5.41) is 14.4. The van der Waals surface area contributed by atoms with Crippen LogP contribution in [0.25, 0.3) is 21.8 Å². The van der Waals surface area contributed by atoms with Crippen molar-refractivity contribution in [3.8, 4) is 0 Å². The topological polar surface area (TPSA) is 104 Å². The largest absolute Gasteiger partial charge is 0.477 e. The smallest absolute Gasteiger partial charge is 0.352 e. The molecule has 0 bridgehead atoms. The van der Waals surface area contributed by atoms with E-state index in [2.05, 4.69) is 90.3 Å². The summed E-state index contributed by atoms with van der Waals surface area (Å²) in [6.45, 7) is 0.850. The second-order valence-corrected chi connectivity index (χ2v) is 12.4. The number of unbranched alkanes of at least 4 members (excludes halogenated alkanes) is 2. The van der Waals surface area contributed by atoms with Gasteiger partial charge in [0.25, 0.3) is 5.91 Å². The summed E-state index contributed by atoms with van der Waals surface area (Å²) in [6.07, 6.45) is 6.77. The number of amides is 1. The summed E-state index contributed by atoms with van der Waals surface area (Å²) >= 11 is 0. The molecule has 2 N–H and O–H groups in total. The summed E-state index contributed by atoms with van der Waals surface area (Å²) in [5.41, 5.74) is 6.37. The number of carboxylic acid groups (broad SMARTS) is 1. The maximum absolute atomic E-state index is 12.9. The van der Waals surface area contributed by atoms with E-state index in [0.29, 0.717) is 17.8 Å². The van der Waals surface area contributed by atoms with E-state index in [4.69, 9.17) is 0 Å². The summed E-state index contributed by atoms with van der Waals surface area (Å²) in [5.74, 6) is -1.29. The van der Waals surface area contributed by atoms with E-state index in [9.17, 15) is 19.5 Å². The van der Waals surface area contributed by atoms with Gasteiger partial charge in [0.1, 0.15) is 23.7 Å². The molecule has 10 heteroatoms. The average Bonchev–Trinajstić information content (AvgIpc) is 3.56. The Hall–Kier alpha value is -5.12. The fraction of sp³-hybridized carbons (Fsp3) is 0.333. The van der Waals surface area contributed by atoms with E-state index in [1.54, 1.807) is 37.1 Å². The zero-order valence-corrected chi connectivity index (χ0v) is 27.5. The van der Waals surface area contributed by atoms with Crippen molar-refractivity contribution in [2.75, 3.05) is 43.3 Å². The third kappa shape index (κ3) is 7.06. The summed E-state index contributed by atoms with van der Waals surface area (Å²) in [4.78, 5) is 41.3. The normalized spacial score (nSPS) is 11.3. The van der Waals surface area contributed by atoms with Crippen LogP contribution in [-0.4, -0.2) is 60.1 Å². The lowest BCUT2D eigenvalue weighted by atomic mass is 10.1. The quantitative estimate of drug-likeness (QED) is 0.103. The minimum absolute atomic E-state index is 0.0782. The molecule has 0 atom stereocenters. The molecule has 0 aliphatic heterocycles. The number of carbonyl (C=O) groups excluding carboxylic acids is 2. The summed E-state index contributed by atoms with van der Waals surface area (Å²) in [7, 11) is 11.6. The Morgan fingerprint density at radius 3 is 1.93 bits per heavy atom. The number of anilines is 3. The van der Waals surface area contributed by atoms with Gasteiger partial charge in [0.2, 0.25) is 11.0 Å². The molecule has 0 aliphatic rings. The highest BCUT2D eigenvalue weighted by atomic mass is 16.4. The third-order valence-corrected chi connectivity index (χ3v) is 8.47. The Morgan fingerprint density at radius 2 is 1.37 bits per heavy atom. The van der Waals surface area contributed by atoms with Gasteiger partial charge in [0.05, 0.1) is 5.69 Å². The van der Waals surface area contributed by atoms with Gasteiger partial charge in [-0.05, 0) is 60.9 Å². The molecular formula is C36H43N6O4+. The number of hydrogen-bond acceptors (Lipinski definition) is 5. The molecule has 0 fully saturated rings. The van der Waals surface area contributed by atoms with E-state index >= 15 is 0 Å². The van der Waals surface area contributed by atoms with Crippen molar-refractivity contribution >= 4 is 56.5 Å². The van der Waals surface area contributed by atoms with Crippen molar-refractivity contribution in [3.05, 3.63) is 83.9 Å². The monoisotopic (exact) mass is 623 g/mol. The van der Waals surface area contributed by atoms with Crippen molar-refractivity contribution in [3.63, 3.8) is 0 Å². The molecule has 10 nitrogen and oxygen atoms in total. The van der Waals surface area contributed by atoms with Gasteiger partial charge < -0.3 is 29.4 Å². The fourth-order valence-corrected chi connectivity index (χ4v) is 5.95. The highest BCUT2D eigenvalue weighted by Gasteiger charge is 2.19. The predicted octanol–water partition coefficient (Wildman–Crippen LogP) is 5.41. The first-order valence-corrected chi connectivity index (χ1v) is 15.5. The second kappa shape index (κ2) is 13.5. The van der Waals surface area contributed by atoms with Gasteiger partial charge in [-0.2, -0.15) is 4.57 Å². The van der Waals surface area contributed by atoms with E-state index in [-0.39, 0.29) is 23.8 Å². The number of ketones is 1. The number of pyridine rings is 1. The van der Waals surface area contributed by atoms with Crippen LogP contribution in [0.5, 0.6) is 0 Å². The first kappa shape index (κ1) is 32.3. The number of Topliss-reactive ketones (excluding diaryl/α,β-unsaturated/α-hetero) is 1. The van der Waals surface area contributed by atoms with Crippen molar-refractivity contribution < 1.29 is 24.1 Å². The molecule has 240 valence electrons. The van der Waals surface area contributed by atoms with Gasteiger partial charge in [-0.1, -0.05) is 0 Å². The average molecular weight is 624 g/mol. The number of aromatic nitrogens is 3. The molecule has 1 amide bonds. The zero-order valence-electron chi connectivity index (χ0n) is 27.5. The van der Waals surface area contributed by atoms with Crippen LogP contribution in [0, 0.1) is 0 Å². The Balaban J connectivity index is 1.20. The summed E-state index contributed by atoms with van der Waals surface area (Å²) in [6, 6.07) is 18.6. The van der Waals surface area contributed by atoms with Crippen LogP contribution in [0.3, 0.4) is 0 Å². The molecule has 5 aromatic rings. The molecule has 0 spiro atoms. The van der Waals surface area contributed by atoms with Crippen molar-refractivity contribution in [1.82, 2.24) is 9.13 Å². The Morgan fingerprint density at radius 1 is 0.761 bits per heavy atom. The fourth-order valence-electron chi connectivity index (χ4n) is 5.95. The number of carboxylic acids is 1. The number of nitrogens with one attached hydrogen (secondary N) is 1. The number of hydrogen-bond donors (Lipinski definition) is 2. The maximum atomic E-state index is 12.9. The van der Waals surface area contributed by atoms with Crippen LogP contribution in [0.1, 0.15) is 52.2 Å². The van der Waals surface area contributed by atoms with Crippen LogP contribution in [0.2, 0.25) is 0 Å². The van der Waals surface area contributed by atoms with E-state index in [1.165, 1.54) is 32.4 Å². The SMILES string of the molecule is CN(C)c1ccc2cc3ccc(N(C)C)cc3[n+](CCCCCC(=O)Cc3cc(C(=O)Nc4cc(C(=O)O)n(C)c4)n(C)c3)c2c1. The van der Waals surface area contributed by atoms with Gasteiger partial charge in [-0.3, -0.25) is 9.59 Å². The zero-order chi connectivity index (χ0) is 33.1. The number of carbonyl (C=O) groups is 3. The van der Waals surface area contributed by atoms with Crippen LogP contribution in [-0.2, 0) is 31.9 Å². The van der Waals surface area contributed by atoms with Gasteiger partial charge in [-0.25, -0.2) is 4.79 Å². The van der Waals surface area contributed by atoms with Crippen LogP contribution < -0.4 is 19.7 Å². The Labute approximate surface area is 269 Å². The molecular weight excluding hydrogens is 580 g/mol. The molecule has 0 aliphatic carbocycles. The maximum Gasteiger partial charge on any atom is 0.352 e. The molecule has 5 rings (SSSR count). The van der Waals surface area contributed by atoms with Crippen LogP contribution in [0.15, 0.2) is 67.0 Å². The first-order chi connectivity index (χ1) is 21.9. The Bertz CT molecular complexity index is 1870. The van der Waals surface area contributed by atoms with Crippen molar-refractivity contribution in [2.24, 2.45) is 14.1 Å². The minimum Gasteiger partial charge on any atom is -0.477 e. The second-order valence-electron chi connectivity index (χ2n) is 12.4. The standard InChI is InChI=1S/C36H42N6O4/c1-38(2)28-13-11-25-18-26-12-14-29(39(3)4)21-32(26)42(31(25)20-28)15-9-7-8-10-30(43)16-24-17-33(40(5)22-24)35(44)37-27-19-34(36(45)46)41(6)23-27/h11-14,17-23H,7-10,15-16H2,1-6H3,(H-,37,44,45,46)/p+1. The minimum atomic E-state index is -1.07. The molecule has 3 heterocycles. The lowest BCUT2D eigenvalue weighted by Gasteiger charge is -2.15. The predicted molar refractivity (Wildman–Crippen MR) is 183 cm³/mol. The molecule has 0 saturated carbocycles. The molecule has 2 aromatic carbocycles. The Kier molecular flexibility index (Phi) is 9.46. The molecule has 46 heavy (non-hydrogen) atoms. The molecule has 3 aromatic heterocycles. The van der Waals surface area contributed by atoms with Gasteiger partial charge >= 0.3 is 5.97 Å². The first-order valence-electron chi connectivity index (χ1n) is 15.5. The van der Waals surface area contributed by atoms with E-state index in [1.807, 2.05) is 0 Å². The number of aryl methyl sites for hydroxylation is 3. The van der Waals surface area contributed by atoms with Gasteiger partial charge in [-0.15, -0.1) is 0 Å². The lowest BCUT2D eigenvalue weighted by Crippen LogP contribution is -2.36. The number of rotatable bonds is 13. The van der Waals surface area contributed by atoms with Gasteiger partial charge in [0.15, 0.2) is 0 Å². The number of fused-ring (bicyclic) bond motifs is 2. The molecule has 0 radical (unpaired) electrons. The van der Waals surface area contributed by atoms with E-state index < -0.39 is 5.97 Å². The third-order valence-electron chi connectivity index (χ3n) is 8.47. The number of aromatic carboxylic acids is 1. The summed E-state index contributed by atoms with van der Waals surface area (Å²) < 4.78 is 5.55.